The average molecular weight is 240 g/mol. The number of aromatic nitrogens is 1. The maximum Gasteiger partial charge on any atom is 0.140 e. The first-order valence-electron chi connectivity index (χ1n) is 4.47. The zero-order chi connectivity index (χ0) is 10.8. The van der Waals surface area contributed by atoms with Crippen molar-refractivity contribution in [2.75, 3.05) is 7.11 Å². The lowest BCUT2D eigenvalue weighted by molar-refractivity contribution is 0.412. The molecule has 0 amide bonds. The van der Waals surface area contributed by atoms with Crippen molar-refractivity contribution in [1.82, 2.24) is 4.98 Å². The smallest absolute Gasteiger partial charge is 0.140 e. The van der Waals surface area contributed by atoms with Gasteiger partial charge in [-0.1, -0.05) is 11.6 Å². The summed E-state index contributed by atoms with van der Waals surface area (Å²) in [5.41, 5.74) is 2.17. The van der Waals surface area contributed by atoms with Gasteiger partial charge in [-0.3, -0.25) is 0 Å². The van der Waals surface area contributed by atoms with Gasteiger partial charge < -0.3 is 4.74 Å². The summed E-state index contributed by atoms with van der Waals surface area (Å²) in [4.78, 5) is 4.22. The van der Waals surface area contributed by atoms with Gasteiger partial charge in [-0.15, -0.1) is 11.3 Å². The Morgan fingerprint density at radius 3 is 2.73 bits per heavy atom. The first-order valence-corrected chi connectivity index (χ1v) is 5.72. The topological polar surface area (TPSA) is 22.1 Å². The number of aryl methyl sites for hydroxylation is 1. The van der Waals surface area contributed by atoms with Crippen LogP contribution in [-0.4, -0.2) is 12.1 Å². The Hall–Kier alpha value is -1.06. The molecule has 0 fully saturated rings. The van der Waals surface area contributed by atoms with E-state index in [9.17, 15) is 0 Å². The van der Waals surface area contributed by atoms with Gasteiger partial charge in [0.15, 0.2) is 0 Å². The van der Waals surface area contributed by atoms with Crippen molar-refractivity contribution < 1.29 is 4.74 Å². The normalized spacial score (nSPS) is 10.3. The molecule has 2 nitrogen and oxygen atoms in total. The summed E-state index contributed by atoms with van der Waals surface area (Å²) in [5.74, 6) is 0.890. The highest BCUT2D eigenvalue weighted by Crippen LogP contribution is 2.29. The number of nitrogens with zero attached hydrogens (tertiary/aromatic N) is 1. The second-order valence-corrected chi connectivity index (χ2v) is 4.41. The fourth-order valence-corrected chi connectivity index (χ4v) is 2.34. The molecule has 1 aromatic carbocycles. The van der Waals surface area contributed by atoms with E-state index in [4.69, 9.17) is 16.3 Å². The highest BCUT2D eigenvalue weighted by atomic mass is 35.5. The van der Waals surface area contributed by atoms with Crippen LogP contribution < -0.4 is 4.74 Å². The lowest BCUT2D eigenvalue weighted by Crippen LogP contribution is -1.87. The van der Waals surface area contributed by atoms with Crippen LogP contribution in [0.4, 0.5) is 0 Å². The van der Waals surface area contributed by atoms with E-state index in [0.29, 0.717) is 5.15 Å². The quantitative estimate of drug-likeness (QED) is 0.796. The van der Waals surface area contributed by atoms with E-state index in [1.807, 2.05) is 30.5 Å². The minimum Gasteiger partial charge on any atom is -0.496 e. The fourth-order valence-electron chi connectivity index (χ4n) is 1.40. The van der Waals surface area contributed by atoms with Gasteiger partial charge in [0.25, 0.3) is 0 Å². The van der Waals surface area contributed by atoms with E-state index < -0.39 is 0 Å². The molecule has 15 heavy (non-hydrogen) atoms. The minimum absolute atomic E-state index is 0.545. The Labute approximate surface area is 97.5 Å². The Morgan fingerprint density at radius 1 is 1.40 bits per heavy atom. The molecule has 0 bridgehead atoms. The van der Waals surface area contributed by atoms with Gasteiger partial charge in [-0.25, -0.2) is 4.98 Å². The van der Waals surface area contributed by atoms with Gasteiger partial charge in [-0.05, 0) is 30.7 Å². The number of thiazole rings is 1. The van der Waals surface area contributed by atoms with Crippen molar-refractivity contribution >= 4 is 22.9 Å². The predicted octanol–water partition coefficient (Wildman–Crippen LogP) is 3.78. The molecule has 0 unspecified atom stereocenters. The Morgan fingerprint density at radius 2 is 2.20 bits per heavy atom. The summed E-state index contributed by atoms with van der Waals surface area (Å²) in [6.07, 6.45) is 0. The van der Waals surface area contributed by atoms with Crippen molar-refractivity contribution in [3.8, 4) is 16.3 Å². The molecule has 0 aliphatic carbocycles. The standard InChI is InChI=1S/C11H10ClNOS/c1-7-5-8(3-4-9(7)14-2)11-13-10(12)6-15-11/h3-6H,1-2H3. The number of halogens is 1. The molecule has 2 aromatic rings. The van der Waals surface area contributed by atoms with Crippen LogP contribution in [-0.2, 0) is 0 Å². The van der Waals surface area contributed by atoms with Crippen LogP contribution in [0, 0.1) is 6.92 Å². The van der Waals surface area contributed by atoms with Crippen LogP contribution in [0.3, 0.4) is 0 Å². The van der Waals surface area contributed by atoms with Crippen molar-refractivity contribution in [3.63, 3.8) is 0 Å². The third-order valence-corrected chi connectivity index (χ3v) is 3.33. The predicted molar refractivity (Wildman–Crippen MR) is 63.8 cm³/mol. The minimum atomic E-state index is 0.545. The largest absolute Gasteiger partial charge is 0.496 e. The molecule has 78 valence electrons. The van der Waals surface area contributed by atoms with Gasteiger partial charge in [0.1, 0.15) is 15.9 Å². The number of benzene rings is 1. The van der Waals surface area contributed by atoms with E-state index in [1.165, 1.54) is 0 Å². The molecule has 0 aliphatic heterocycles. The summed E-state index contributed by atoms with van der Waals surface area (Å²) >= 11 is 7.32. The zero-order valence-corrected chi connectivity index (χ0v) is 10.0. The van der Waals surface area contributed by atoms with E-state index >= 15 is 0 Å². The van der Waals surface area contributed by atoms with E-state index in [-0.39, 0.29) is 0 Å². The summed E-state index contributed by atoms with van der Waals surface area (Å²) in [6, 6.07) is 5.98. The van der Waals surface area contributed by atoms with Crippen LogP contribution in [0.2, 0.25) is 5.15 Å². The van der Waals surface area contributed by atoms with Crippen molar-refractivity contribution in [3.05, 3.63) is 34.3 Å². The first-order chi connectivity index (χ1) is 7.20. The molecular weight excluding hydrogens is 230 g/mol. The lowest BCUT2D eigenvalue weighted by Gasteiger charge is -2.05. The second-order valence-electron chi connectivity index (χ2n) is 3.16. The molecule has 0 spiro atoms. The number of hydrogen-bond donors (Lipinski definition) is 0. The van der Waals surface area contributed by atoms with Crippen LogP contribution in [0.1, 0.15) is 5.56 Å². The molecule has 0 aliphatic rings. The Kier molecular flexibility index (Phi) is 2.93. The van der Waals surface area contributed by atoms with Gasteiger partial charge >= 0.3 is 0 Å². The highest BCUT2D eigenvalue weighted by molar-refractivity contribution is 7.13. The average Bonchev–Trinajstić information content (AvgIpc) is 2.65. The summed E-state index contributed by atoms with van der Waals surface area (Å²) in [6.45, 7) is 2.01. The number of methoxy groups -OCH3 is 1. The summed E-state index contributed by atoms with van der Waals surface area (Å²) in [5, 5.41) is 3.31. The van der Waals surface area contributed by atoms with Crippen molar-refractivity contribution in [2.45, 2.75) is 6.92 Å². The summed E-state index contributed by atoms with van der Waals surface area (Å²) in [7, 11) is 1.67. The van der Waals surface area contributed by atoms with Crippen LogP contribution in [0.25, 0.3) is 10.6 Å². The molecule has 0 saturated heterocycles. The molecule has 0 radical (unpaired) electrons. The van der Waals surface area contributed by atoms with E-state index in [0.717, 1.165) is 21.9 Å². The van der Waals surface area contributed by atoms with Crippen LogP contribution in [0.15, 0.2) is 23.6 Å². The van der Waals surface area contributed by atoms with Gasteiger partial charge in [0, 0.05) is 10.9 Å². The maximum atomic E-state index is 5.78. The molecule has 0 N–H and O–H groups in total. The molecule has 0 atom stereocenters. The van der Waals surface area contributed by atoms with Gasteiger partial charge in [0.2, 0.25) is 0 Å². The van der Waals surface area contributed by atoms with Crippen molar-refractivity contribution in [2.24, 2.45) is 0 Å². The molecule has 1 aromatic heterocycles. The maximum absolute atomic E-state index is 5.78. The Balaban J connectivity index is 2.42. The molecular formula is C11H10ClNOS. The van der Waals surface area contributed by atoms with Gasteiger partial charge in [-0.2, -0.15) is 0 Å². The molecule has 2 rings (SSSR count). The first kappa shape index (κ1) is 10.5. The highest BCUT2D eigenvalue weighted by Gasteiger charge is 2.05. The number of rotatable bonds is 2. The van der Waals surface area contributed by atoms with Crippen LogP contribution >= 0.6 is 22.9 Å². The molecule has 4 heteroatoms. The fraction of sp³-hybridized carbons (Fsp3) is 0.182. The van der Waals surface area contributed by atoms with Crippen LogP contribution in [0.5, 0.6) is 5.75 Å². The second kappa shape index (κ2) is 4.21. The van der Waals surface area contributed by atoms with Gasteiger partial charge in [0.05, 0.1) is 7.11 Å². The zero-order valence-electron chi connectivity index (χ0n) is 8.45. The van der Waals surface area contributed by atoms with Crippen molar-refractivity contribution in [1.29, 1.82) is 0 Å². The SMILES string of the molecule is COc1ccc(-c2nc(Cl)cs2)cc1C. The van der Waals surface area contributed by atoms with E-state index in [2.05, 4.69) is 4.98 Å². The van der Waals surface area contributed by atoms with E-state index in [1.54, 1.807) is 18.4 Å². The third-order valence-electron chi connectivity index (χ3n) is 2.12. The molecule has 0 saturated carbocycles. The lowest BCUT2D eigenvalue weighted by atomic mass is 10.1. The number of ether oxygens (including phenoxy) is 1. The monoisotopic (exact) mass is 239 g/mol. The Bertz CT molecular complexity index is 481. The summed E-state index contributed by atoms with van der Waals surface area (Å²) < 4.78 is 5.20. The third kappa shape index (κ3) is 2.13. The number of hydrogen-bond acceptors (Lipinski definition) is 3. The molecule has 1 heterocycles.